The summed E-state index contributed by atoms with van der Waals surface area (Å²) in [5, 5.41) is 5.99. The first-order valence-corrected chi connectivity index (χ1v) is 8.89. The van der Waals surface area contributed by atoms with Gasteiger partial charge in [-0.3, -0.25) is 9.48 Å². The van der Waals surface area contributed by atoms with Crippen LogP contribution in [0, 0.1) is 5.82 Å². The standard InChI is InChI=1S/C19H14BrF4N3O/c1-27-18(25-15(28)10-12-4-2-3-5-14(12)21)16(17(26-27)19(22,23)24)11-6-8-13(20)9-7-11/h2-9H,10H2,1H3,(H,25,28). The van der Waals surface area contributed by atoms with Crippen LogP contribution in [0.15, 0.2) is 53.0 Å². The summed E-state index contributed by atoms with van der Waals surface area (Å²) < 4.78 is 55.9. The van der Waals surface area contributed by atoms with Gasteiger partial charge in [0.1, 0.15) is 11.6 Å². The van der Waals surface area contributed by atoms with E-state index in [0.29, 0.717) is 4.47 Å². The molecular formula is C19H14BrF4N3O. The molecule has 1 amide bonds. The Morgan fingerprint density at radius 3 is 2.39 bits per heavy atom. The second-order valence-corrected chi connectivity index (χ2v) is 6.93. The number of hydrogen-bond donors (Lipinski definition) is 1. The van der Waals surface area contributed by atoms with Gasteiger partial charge in [0.2, 0.25) is 5.91 Å². The SMILES string of the molecule is Cn1nc(C(F)(F)F)c(-c2ccc(Br)cc2)c1NC(=O)Cc1ccccc1F. The number of carbonyl (C=O) groups excluding carboxylic acids is 1. The third kappa shape index (κ3) is 4.24. The minimum Gasteiger partial charge on any atom is -0.310 e. The molecule has 3 aromatic rings. The number of amides is 1. The minimum atomic E-state index is -4.71. The molecule has 0 bridgehead atoms. The van der Waals surface area contributed by atoms with Crippen LogP contribution in [0.5, 0.6) is 0 Å². The van der Waals surface area contributed by atoms with Crippen molar-refractivity contribution in [3.05, 3.63) is 70.1 Å². The number of anilines is 1. The van der Waals surface area contributed by atoms with Crippen LogP contribution in [0.3, 0.4) is 0 Å². The summed E-state index contributed by atoms with van der Waals surface area (Å²) in [6.45, 7) is 0. The number of benzene rings is 2. The summed E-state index contributed by atoms with van der Waals surface area (Å²) >= 11 is 3.24. The first-order valence-electron chi connectivity index (χ1n) is 8.10. The predicted octanol–water partition coefficient (Wildman–Crippen LogP) is 5.19. The van der Waals surface area contributed by atoms with Crippen molar-refractivity contribution >= 4 is 27.7 Å². The van der Waals surface area contributed by atoms with Crippen LogP contribution in [0.2, 0.25) is 0 Å². The molecule has 0 atom stereocenters. The summed E-state index contributed by atoms with van der Waals surface area (Å²) in [5.74, 6) is -1.33. The van der Waals surface area contributed by atoms with Gasteiger partial charge in [-0.05, 0) is 29.3 Å². The highest BCUT2D eigenvalue weighted by atomic mass is 79.9. The zero-order chi connectivity index (χ0) is 20.5. The number of nitrogens with zero attached hydrogens (tertiary/aromatic N) is 2. The van der Waals surface area contributed by atoms with Gasteiger partial charge in [0.05, 0.1) is 12.0 Å². The van der Waals surface area contributed by atoms with E-state index in [-0.39, 0.29) is 28.9 Å². The fourth-order valence-electron chi connectivity index (χ4n) is 2.75. The zero-order valence-corrected chi connectivity index (χ0v) is 16.1. The molecule has 0 spiro atoms. The lowest BCUT2D eigenvalue weighted by Gasteiger charge is -2.11. The molecule has 4 nitrogen and oxygen atoms in total. The largest absolute Gasteiger partial charge is 0.435 e. The maximum absolute atomic E-state index is 13.8. The Hall–Kier alpha value is -2.68. The van der Waals surface area contributed by atoms with Crippen LogP contribution in [-0.4, -0.2) is 15.7 Å². The molecule has 0 aliphatic heterocycles. The molecule has 0 aliphatic rings. The number of aryl methyl sites for hydroxylation is 1. The Balaban J connectivity index is 2.00. The van der Waals surface area contributed by atoms with E-state index >= 15 is 0 Å². The molecule has 3 rings (SSSR count). The van der Waals surface area contributed by atoms with Gasteiger partial charge in [-0.15, -0.1) is 0 Å². The van der Waals surface area contributed by atoms with Crippen molar-refractivity contribution in [1.82, 2.24) is 9.78 Å². The molecule has 2 aromatic carbocycles. The lowest BCUT2D eigenvalue weighted by molar-refractivity contribution is -0.141. The topological polar surface area (TPSA) is 46.9 Å². The Labute approximate surface area is 166 Å². The fourth-order valence-corrected chi connectivity index (χ4v) is 3.01. The maximum Gasteiger partial charge on any atom is 0.435 e. The molecule has 0 radical (unpaired) electrons. The Kier molecular flexibility index (Phi) is 5.55. The van der Waals surface area contributed by atoms with E-state index in [0.717, 1.165) is 4.68 Å². The van der Waals surface area contributed by atoms with Crippen LogP contribution >= 0.6 is 15.9 Å². The van der Waals surface area contributed by atoms with Crippen molar-refractivity contribution in [2.24, 2.45) is 7.05 Å². The Bertz CT molecular complexity index is 1010. The lowest BCUT2D eigenvalue weighted by Crippen LogP contribution is -2.18. The van der Waals surface area contributed by atoms with E-state index in [1.807, 2.05) is 0 Å². The smallest absolute Gasteiger partial charge is 0.310 e. The van der Waals surface area contributed by atoms with Crippen LogP contribution in [0.25, 0.3) is 11.1 Å². The normalized spacial score (nSPS) is 11.5. The van der Waals surface area contributed by atoms with Gasteiger partial charge in [0.25, 0.3) is 0 Å². The monoisotopic (exact) mass is 455 g/mol. The maximum atomic E-state index is 13.8. The van der Waals surface area contributed by atoms with Gasteiger partial charge in [-0.25, -0.2) is 4.39 Å². The molecule has 0 aliphatic carbocycles. The van der Waals surface area contributed by atoms with Crippen molar-refractivity contribution in [1.29, 1.82) is 0 Å². The molecular weight excluding hydrogens is 442 g/mol. The highest BCUT2D eigenvalue weighted by Gasteiger charge is 2.39. The summed E-state index contributed by atoms with van der Waals surface area (Å²) in [6.07, 6.45) is -5.03. The van der Waals surface area contributed by atoms with Crippen molar-refractivity contribution in [3.8, 4) is 11.1 Å². The molecule has 1 aromatic heterocycles. The van der Waals surface area contributed by atoms with Crippen LogP contribution in [-0.2, 0) is 24.4 Å². The molecule has 0 unspecified atom stereocenters. The van der Waals surface area contributed by atoms with E-state index < -0.39 is 23.6 Å². The van der Waals surface area contributed by atoms with Crippen molar-refractivity contribution in [2.45, 2.75) is 12.6 Å². The van der Waals surface area contributed by atoms with Crippen molar-refractivity contribution < 1.29 is 22.4 Å². The fraction of sp³-hybridized carbons (Fsp3) is 0.158. The molecule has 0 saturated heterocycles. The van der Waals surface area contributed by atoms with Crippen LogP contribution in [0.1, 0.15) is 11.3 Å². The van der Waals surface area contributed by atoms with E-state index in [1.165, 1.54) is 37.4 Å². The summed E-state index contributed by atoms with van der Waals surface area (Å²) in [7, 11) is 1.30. The average Bonchev–Trinajstić information content (AvgIpc) is 2.94. The van der Waals surface area contributed by atoms with Crippen LogP contribution < -0.4 is 5.32 Å². The number of rotatable bonds is 4. The van der Waals surface area contributed by atoms with Gasteiger partial charge in [0, 0.05) is 11.5 Å². The van der Waals surface area contributed by atoms with E-state index in [1.54, 1.807) is 18.2 Å². The number of carbonyl (C=O) groups is 1. The lowest BCUT2D eigenvalue weighted by atomic mass is 10.0. The third-order valence-corrected chi connectivity index (χ3v) is 4.54. The number of alkyl halides is 3. The van der Waals surface area contributed by atoms with Gasteiger partial charge in [-0.2, -0.15) is 18.3 Å². The number of aromatic nitrogens is 2. The third-order valence-electron chi connectivity index (χ3n) is 4.02. The highest BCUT2D eigenvalue weighted by molar-refractivity contribution is 9.10. The number of halogens is 5. The van der Waals surface area contributed by atoms with Crippen LogP contribution in [0.4, 0.5) is 23.4 Å². The zero-order valence-electron chi connectivity index (χ0n) is 14.5. The molecule has 9 heteroatoms. The number of nitrogens with one attached hydrogen (secondary N) is 1. The first-order chi connectivity index (χ1) is 13.2. The second kappa shape index (κ2) is 7.75. The van der Waals surface area contributed by atoms with E-state index in [9.17, 15) is 22.4 Å². The van der Waals surface area contributed by atoms with Gasteiger partial charge in [0.15, 0.2) is 5.69 Å². The molecule has 0 saturated carbocycles. The van der Waals surface area contributed by atoms with Gasteiger partial charge < -0.3 is 5.32 Å². The highest BCUT2D eigenvalue weighted by Crippen LogP contribution is 2.40. The molecule has 0 fully saturated rings. The van der Waals surface area contributed by atoms with Crippen molar-refractivity contribution in [2.75, 3.05) is 5.32 Å². The summed E-state index contributed by atoms with van der Waals surface area (Å²) in [4.78, 5) is 12.4. The predicted molar refractivity (Wildman–Crippen MR) is 100 cm³/mol. The minimum absolute atomic E-state index is 0.115. The van der Waals surface area contributed by atoms with E-state index in [4.69, 9.17) is 0 Å². The Morgan fingerprint density at radius 2 is 1.79 bits per heavy atom. The second-order valence-electron chi connectivity index (χ2n) is 6.02. The van der Waals surface area contributed by atoms with Gasteiger partial charge in [-0.1, -0.05) is 46.3 Å². The quantitative estimate of drug-likeness (QED) is 0.550. The average molecular weight is 456 g/mol. The van der Waals surface area contributed by atoms with E-state index in [2.05, 4.69) is 26.3 Å². The molecule has 1 N–H and O–H groups in total. The summed E-state index contributed by atoms with van der Waals surface area (Å²) in [5.41, 5.74) is -0.976. The molecule has 28 heavy (non-hydrogen) atoms. The molecule has 146 valence electrons. The van der Waals surface area contributed by atoms with Crippen molar-refractivity contribution in [3.63, 3.8) is 0 Å². The number of hydrogen-bond acceptors (Lipinski definition) is 2. The summed E-state index contributed by atoms with van der Waals surface area (Å²) in [6, 6.07) is 11.9. The Morgan fingerprint density at radius 1 is 1.14 bits per heavy atom. The molecule has 1 heterocycles. The first kappa shape index (κ1) is 20.1. The van der Waals surface area contributed by atoms with Gasteiger partial charge >= 0.3 is 6.18 Å².